The molecular formula is C28H28ClN6O2Os. The predicted molar refractivity (Wildman–Crippen MR) is 145 cm³/mol. The van der Waals surface area contributed by atoms with E-state index < -0.39 is 5.97 Å². The Balaban J connectivity index is 0.000000194. The van der Waals surface area contributed by atoms with Crippen LogP contribution in [0.5, 0.6) is 0 Å². The van der Waals surface area contributed by atoms with Crippen molar-refractivity contribution in [3.63, 3.8) is 0 Å². The molecule has 38 heavy (non-hydrogen) atoms. The fourth-order valence-electron chi connectivity index (χ4n) is 3.05. The molecule has 0 bridgehead atoms. The molecule has 0 aromatic carbocycles. The molecule has 5 aromatic heterocycles. The largest absolute Gasteiger partial charge is 0.255 e. The van der Waals surface area contributed by atoms with E-state index in [1.165, 1.54) is 17.6 Å². The first kappa shape index (κ1) is 30.4. The van der Waals surface area contributed by atoms with Crippen molar-refractivity contribution in [3.8, 4) is 22.8 Å². The van der Waals surface area contributed by atoms with Crippen LogP contribution in [0.2, 0.25) is 0 Å². The van der Waals surface area contributed by atoms with Gasteiger partial charge < -0.3 is 9.67 Å². The first-order valence-electron chi connectivity index (χ1n) is 11.7. The summed E-state index contributed by atoms with van der Waals surface area (Å²) in [5.74, 6) is -0.722. The molecule has 0 radical (unpaired) electrons. The Kier molecular flexibility index (Phi) is 15.5. The maximum atomic E-state index is 10.1. The summed E-state index contributed by atoms with van der Waals surface area (Å²) in [6.45, 7) is 0.854. The van der Waals surface area contributed by atoms with Crippen molar-refractivity contribution in [2.75, 3.05) is 0 Å². The average Bonchev–Trinajstić information content (AvgIpc) is 3.53. The van der Waals surface area contributed by atoms with Crippen LogP contribution < -0.4 is 0 Å². The molecule has 0 aliphatic heterocycles. The van der Waals surface area contributed by atoms with Crippen LogP contribution in [0.25, 0.3) is 22.8 Å². The third-order valence-electron chi connectivity index (χ3n) is 4.80. The number of rotatable bonds is 7. The van der Waals surface area contributed by atoms with Crippen LogP contribution >= 0.6 is 9.64 Å². The topological polar surface area (TPSA) is 107 Å². The Morgan fingerprint density at radius 3 is 1.39 bits per heavy atom. The molecular weight excluding hydrogens is 678 g/mol. The Morgan fingerprint density at radius 1 is 0.684 bits per heavy atom. The number of hydrogen-bond acceptors (Lipinski definition) is 6. The zero-order valence-electron chi connectivity index (χ0n) is 20.6. The minimum atomic E-state index is -0.722. The van der Waals surface area contributed by atoms with Gasteiger partial charge in [-0.25, -0.2) is 4.98 Å². The van der Waals surface area contributed by atoms with Gasteiger partial charge in [0.1, 0.15) is 0 Å². The number of aryl methyl sites for hydroxylation is 1. The van der Waals surface area contributed by atoms with Gasteiger partial charge in [0, 0.05) is 50.1 Å². The van der Waals surface area contributed by atoms with Crippen molar-refractivity contribution in [1.29, 1.82) is 0 Å². The van der Waals surface area contributed by atoms with Gasteiger partial charge in [-0.2, -0.15) is 0 Å². The van der Waals surface area contributed by atoms with Crippen LogP contribution in [0.3, 0.4) is 0 Å². The van der Waals surface area contributed by atoms with E-state index in [1.807, 2.05) is 83.6 Å². The number of nitrogens with zero attached hydrogens (tertiary/aromatic N) is 6. The predicted octanol–water partition coefficient (Wildman–Crippen LogP) is 6.11. The van der Waals surface area contributed by atoms with E-state index in [2.05, 4.69) is 34.6 Å². The van der Waals surface area contributed by atoms with E-state index in [0.717, 1.165) is 42.2 Å². The monoisotopic (exact) mass is 707 g/mol. The number of unbranched alkanes of at least 4 members (excludes halogenated alkanes) is 1. The number of halogens is 1. The summed E-state index contributed by atoms with van der Waals surface area (Å²) in [5, 5.41) is 8.35. The second-order valence-corrected chi connectivity index (χ2v) is 7.51. The van der Waals surface area contributed by atoms with Gasteiger partial charge >= 0.3 is 33.2 Å². The fourth-order valence-corrected chi connectivity index (χ4v) is 3.05. The number of aliphatic carboxylic acids is 1. The first-order valence-corrected chi connectivity index (χ1v) is 14.8. The third kappa shape index (κ3) is 12.4. The van der Waals surface area contributed by atoms with Gasteiger partial charge in [0.25, 0.3) is 0 Å². The van der Waals surface area contributed by atoms with Crippen LogP contribution in [-0.2, 0) is 28.9 Å². The second kappa shape index (κ2) is 19.3. The summed E-state index contributed by atoms with van der Waals surface area (Å²) in [6.07, 6.45) is 14.3. The van der Waals surface area contributed by atoms with Gasteiger partial charge in [-0.05, 0) is 61.4 Å². The molecule has 0 saturated heterocycles. The van der Waals surface area contributed by atoms with Crippen molar-refractivity contribution >= 4 is 15.6 Å². The van der Waals surface area contributed by atoms with Crippen molar-refractivity contribution in [3.05, 3.63) is 116 Å². The number of hydrogen-bond donors (Lipinski definition) is 1. The van der Waals surface area contributed by atoms with E-state index in [4.69, 9.17) is 5.11 Å². The van der Waals surface area contributed by atoms with Gasteiger partial charge in [0.2, 0.25) is 0 Å². The number of carboxylic acid groups (broad SMARTS) is 1. The maximum Gasteiger partial charge on any atom is 0.0886 e. The van der Waals surface area contributed by atoms with E-state index >= 15 is 0 Å². The summed E-state index contributed by atoms with van der Waals surface area (Å²) < 4.78 is 1.95. The van der Waals surface area contributed by atoms with E-state index in [9.17, 15) is 4.79 Å². The Hall–Kier alpha value is -3.79. The fraction of sp³-hybridized carbons (Fsp3) is 0.143. The van der Waals surface area contributed by atoms with Crippen molar-refractivity contribution in [1.82, 2.24) is 29.5 Å². The number of aromatic nitrogens is 6. The normalized spacial score (nSPS) is 9.42. The smallest absolute Gasteiger partial charge is 0.0886 e. The molecule has 5 heterocycles. The molecule has 1 N–H and O–H groups in total. The minimum absolute atomic E-state index is 0.259. The summed E-state index contributed by atoms with van der Waals surface area (Å²) in [5.41, 5.74) is 3.66. The molecule has 0 spiro atoms. The molecule has 8 nitrogen and oxygen atoms in total. The summed E-state index contributed by atoms with van der Waals surface area (Å²) in [7, 11) is 4.67. The molecule has 0 atom stereocenters. The molecule has 5 aromatic rings. The molecule has 0 unspecified atom stereocenters. The summed E-state index contributed by atoms with van der Waals surface area (Å²) in [6, 6.07) is 23.2. The minimum Gasteiger partial charge on any atom is -0.255 e. The van der Waals surface area contributed by atoms with Crippen molar-refractivity contribution < 1.29 is 27.5 Å². The molecule has 10 heteroatoms. The number of carboxylic acids is 1. The van der Waals surface area contributed by atoms with Gasteiger partial charge in [-0.15, -0.1) is 0 Å². The molecule has 197 valence electrons. The molecule has 0 aliphatic rings. The van der Waals surface area contributed by atoms with Gasteiger partial charge in [-0.1, -0.05) is 24.3 Å². The van der Waals surface area contributed by atoms with Crippen LogP contribution in [0.1, 0.15) is 19.3 Å². The molecule has 0 saturated carbocycles. The zero-order chi connectivity index (χ0) is 27.3. The number of imidazole rings is 1. The Morgan fingerprint density at radius 2 is 1.11 bits per heavy atom. The van der Waals surface area contributed by atoms with Crippen LogP contribution in [0, 0.1) is 0 Å². The zero-order valence-corrected chi connectivity index (χ0v) is 23.9. The molecule has 0 amide bonds. The van der Waals surface area contributed by atoms with Crippen molar-refractivity contribution in [2.24, 2.45) is 0 Å². The molecule has 0 fully saturated rings. The third-order valence-corrected chi connectivity index (χ3v) is 4.80. The van der Waals surface area contributed by atoms with Gasteiger partial charge in [0.15, 0.2) is 0 Å². The number of pyridine rings is 4. The van der Waals surface area contributed by atoms with Gasteiger partial charge in [-0.3, -0.25) is 24.7 Å². The summed E-state index contributed by atoms with van der Waals surface area (Å²) >= 11 is 1.33. The molecule has 5 rings (SSSR count). The van der Waals surface area contributed by atoms with E-state index in [0.29, 0.717) is 0 Å². The Bertz CT molecular complexity index is 1100. The quantitative estimate of drug-likeness (QED) is 0.204. The van der Waals surface area contributed by atoms with E-state index in [1.54, 1.807) is 37.3 Å². The molecule has 0 aliphatic carbocycles. The number of carbonyl (C=O) groups is 1. The SMILES string of the molecule is O=C(O)CCCCn1ccnc1.[Cl][Os].c1ccc(-c2ccccn2)nc1.c1ccc(-c2ccccn2)nc1. The standard InChI is InChI=1S/2C10H8N2.C8H12N2O2.ClH.Os/c2*1-3-7-11-9(5-1)10-6-2-4-8-12-10;11-8(12)3-1-2-5-10-6-4-9-7-10;;/h2*1-8H;4,6-7H,1-3,5H2,(H,11,12);1H;/q;;;;+1/p-1. The first-order chi connectivity index (χ1) is 18.7. The van der Waals surface area contributed by atoms with Crippen LogP contribution in [0.15, 0.2) is 116 Å². The van der Waals surface area contributed by atoms with E-state index in [-0.39, 0.29) is 6.42 Å². The maximum absolute atomic E-state index is 10.1. The second-order valence-electron chi connectivity index (χ2n) is 7.51. The van der Waals surface area contributed by atoms with Gasteiger partial charge in [0.05, 0.1) is 29.1 Å². The van der Waals surface area contributed by atoms with Crippen LogP contribution in [-0.4, -0.2) is 40.6 Å². The average molecular weight is 706 g/mol. The van der Waals surface area contributed by atoms with Crippen LogP contribution in [0.4, 0.5) is 0 Å². The summed E-state index contributed by atoms with van der Waals surface area (Å²) in [4.78, 5) is 30.8. The Labute approximate surface area is 236 Å². The van der Waals surface area contributed by atoms with Crippen molar-refractivity contribution in [2.45, 2.75) is 25.8 Å².